The van der Waals surface area contributed by atoms with Crippen LogP contribution in [0.15, 0.2) is 0 Å². The van der Waals surface area contributed by atoms with Crippen molar-refractivity contribution in [3.05, 3.63) is 5.01 Å². The number of anilines is 1. The minimum absolute atomic E-state index is 0.00592. The number of nitrogens with zero attached hydrogens (tertiary/aromatic N) is 4. The second-order valence-corrected chi connectivity index (χ2v) is 5.97. The zero-order valence-electron chi connectivity index (χ0n) is 11.7. The van der Waals surface area contributed by atoms with Crippen LogP contribution in [-0.2, 0) is 0 Å². The maximum atomic E-state index is 12.3. The van der Waals surface area contributed by atoms with Crippen molar-refractivity contribution >= 4 is 22.4 Å². The summed E-state index contributed by atoms with van der Waals surface area (Å²) in [6.45, 7) is 4.53. The van der Waals surface area contributed by atoms with E-state index in [1.54, 1.807) is 0 Å². The first kappa shape index (κ1) is 14.2. The summed E-state index contributed by atoms with van der Waals surface area (Å²) < 4.78 is 0. The lowest BCUT2D eigenvalue weighted by Crippen LogP contribution is -2.34. The molecule has 1 N–H and O–H groups in total. The number of likely N-dealkylation sites (tertiary alicyclic amines) is 1. The van der Waals surface area contributed by atoms with Gasteiger partial charge in [0.05, 0.1) is 0 Å². The minimum Gasteiger partial charge on any atom is -0.360 e. The smallest absolute Gasteiger partial charge is 0.284 e. The summed E-state index contributed by atoms with van der Waals surface area (Å²) in [5.74, 6) is 0.00592. The molecule has 0 aromatic carbocycles. The van der Waals surface area contributed by atoms with E-state index < -0.39 is 0 Å². The van der Waals surface area contributed by atoms with Crippen molar-refractivity contribution in [2.45, 2.75) is 25.8 Å². The summed E-state index contributed by atoms with van der Waals surface area (Å²) in [4.78, 5) is 16.3. The van der Waals surface area contributed by atoms with Gasteiger partial charge in [-0.1, -0.05) is 18.3 Å². The first-order valence-electron chi connectivity index (χ1n) is 6.65. The van der Waals surface area contributed by atoms with E-state index in [4.69, 9.17) is 0 Å². The Morgan fingerprint density at radius 2 is 2.32 bits per heavy atom. The zero-order valence-corrected chi connectivity index (χ0v) is 12.5. The number of rotatable bonds is 5. The SMILES string of the molecule is CCCNc1nnc(C(=O)N2CCC(N(C)C)C2)s1. The normalized spacial score (nSPS) is 19.2. The quantitative estimate of drug-likeness (QED) is 0.878. The molecule has 1 aromatic heterocycles. The fraction of sp³-hybridized carbons (Fsp3) is 0.750. The first-order chi connectivity index (χ1) is 9.11. The summed E-state index contributed by atoms with van der Waals surface area (Å²) in [6, 6.07) is 0.453. The van der Waals surface area contributed by atoms with Crippen LogP contribution in [0.1, 0.15) is 29.6 Å². The van der Waals surface area contributed by atoms with Crippen LogP contribution in [0.5, 0.6) is 0 Å². The van der Waals surface area contributed by atoms with E-state index in [0.29, 0.717) is 11.0 Å². The van der Waals surface area contributed by atoms with Crippen LogP contribution in [0.2, 0.25) is 0 Å². The third-order valence-electron chi connectivity index (χ3n) is 3.32. The van der Waals surface area contributed by atoms with E-state index in [1.807, 2.05) is 4.90 Å². The standard InChI is InChI=1S/C12H21N5OS/c1-4-6-13-12-15-14-10(19-12)11(18)17-7-5-9(8-17)16(2)3/h9H,4-8H2,1-3H3,(H,13,15). The van der Waals surface area contributed by atoms with Crippen LogP contribution in [0.3, 0.4) is 0 Å². The van der Waals surface area contributed by atoms with Gasteiger partial charge in [0.15, 0.2) is 0 Å². The summed E-state index contributed by atoms with van der Waals surface area (Å²) in [7, 11) is 4.10. The fourth-order valence-corrected chi connectivity index (χ4v) is 2.83. The molecule has 6 nitrogen and oxygen atoms in total. The molecule has 1 atom stereocenters. The van der Waals surface area contributed by atoms with E-state index in [2.05, 4.69) is 41.4 Å². The van der Waals surface area contributed by atoms with E-state index in [1.165, 1.54) is 11.3 Å². The molecule has 0 aliphatic carbocycles. The number of amides is 1. The fourth-order valence-electron chi connectivity index (χ4n) is 2.10. The average Bonchev–Trinajstić information content (AvgIpc) is 3.04. The largest absolute Gasteiger partial charge is 0.360 e. The van der Waals surface area contributed by atoms with Gasteiger partial charge in [-0.3, -0.25) is 4.79 Å². The zero-order chi connectivity index (χ0) is 13.8. The van der Waals surface area contributed by atoms with Crippen LogP contribution >= 0.6 is 11.3 Å². The monoisotopic (exact) mass is 283 g/mol. The van der Waals surface area contributed by atoms with Gasteiger partial charge in [0.2, 0.25) is 10.1 Å². The molecule has 0 radical (unpaired) electrons. The van der Waals surface area contributed by atoms with Gasteiger partial charge >= 0.3 is 0 Å². The van der Waals surface area contributed by atoms with Crippen LogP contribution < -0.4 is 5.32 Å². The Kier molecular flexibility index (Phi) is 4.71. The molecule has 7 heteroatoms. The Morgan fingerprint density at radius 1 is 1.53 bits per heavy atom. The van der Waals surface area contributed by atoms with Gasteiger partial charge in [0.25, 0.3) is 5.91 Å². The molecule has 0 spiro atoms. The minimum atomic E-state index is 0.00592. The van der Waals surface area contributed by atoms with Crippen LogP contribution in [0.4, 0.5) is 5.13 Å². The third kappa shape index (κ3) is 3.42. The molecule has 2 rings (SSSR count). The second kappa shape index (κ2) is 6.29. The van der Waals surface area contributed by atoms with Crippen LogP contribution in [-0.4, -0.2) is 65.7 Å². The Bertz CT molecular complexity index is 434. The lowest BCUT2D eigenvalue weighted by Gasteiger charge is -2.19. The maximum Gasteiger partial charge on any atom is 0.284 e. The molecule has 106 valence electrons. The number of carbonyl (C=O) groups excluding carboxylic acids is 1. The Balaban J connectivity index is 1.94. The number of hydrogen-bond acceptors (Lipinski definition) is 6. The molecule has 1 fully saturated rings. The Labute approximate surface area is 117 Å². The topological polar surface area (TPSA) is 61.4 Å². The van der Waals surface area contributed by atoms with Gasteiger partial charge in [0, 0.05) is 25.7 Å². The Hall–Kier alpha value is -1.21. The average molecular weight is 283 g/mol. The van der Waals surface area contributed by atoms with Gasteiger partial charge in [0.1, 0.15) is 0 Å². The summed E-state index contributed by atoms with van der Waals surface area (Å²) in [5.41, 5.74) is 0. The summed E-state index contributed by atoms with van der Waals surface area (Å²) >= 11 is 1.34. The lowest BCUT2D eigenvalue weighted by atomic mass is 10.2. The molecule has 1 aliphatic heterocycles. The van der Waals surface area contributed by atoms with E-state index in [-0.39, 0.29) is 5.91 Å². The van der Waals surface area contributed by atoms with Gasteiger partial charge in [-0.15, -0.1) is 10.2 Å². The molecule has 2 heterocycles. The van der Waals surface area contributed by atoms with Crippen molar-refractivity contribution in [1.29, 1.82) is 0 Å². The predicted molar refractivity (Wildman–Crippen MR) is 76.7 cm³/mol. The molecule has 0 saturated carbocycles. The third-order valence-corrected chi connectivity index (χ3v) is 4.18. The van der Waals surface area contributed by atoms with Crippen molar-refractivity contribution in [1.82, 2.24) is 20.0 Å². The van der Waals surface area contributed by atoms with Crippen molar-refractivity contribution in [2.75, 3.05) is 39.0 Å². The highest BCUT2D eigenvalue weighted by atomic mass is 32.1. The van der Waals surface area contributed by atoms with Crippen LogP contribution in [0, 0.1) is 0 Å². The highest BCUT2D eigenvalue weighted by Crippen LogP contribution is 2.20. The lowest BCUT2D eigenvalue weighted by molar-refractivity contribution is 0.0782. The second-order valence-electron chi connectivity index (χ2n) is 5.00. The molecule has 0 bridgehead atoms. The summed E-state index contributed by atoms with van der Waals surface area (Å²) in [6.07, 6.45) is 2.05. The molecular formula is C12H21N5OS. The van der Waals surface area contributed by atoms with E-state index >= 15 is 0 Å². The molecule has 1 aromatic rings. The van der Waals surface area contributed by atoms with Gasteiger partial charge in [-0.05, 0) is 26.9 Å². The van der Waals surface area contributed by atoms with E-state index in [9.17, 15) is 4.79 Å². The molecular weight excluding hydrogens is 262 g/mol. The molecule has 1 saturated heterocycles. The van der Waals surface area contributed by atoms with Gasteiger partial charge in [-0.25, -0.2) is 0 Å². The van der Waals surface area contributed by atoms with Crippen molar-refractivity contribution in [3.63, 3.8) is 0 Å². The first-order valence-corrected chi connectivity index (χ1v) is 7.46. The van der Waals surface area contributed by atoms with Gasteiger partial charge in [-0.2, -0.15) is 0 Å². The highest BCUT2D eigenvalue weighted by Gasteiger charge is 2.29. The van der Waals surface area contributed by atoms with Crippen molar-refractivity contribution in [2.24, 2.45) is 0 Å². The Morgan fingerprint density at radius 3 is 2.95 bits per heavy atom. The number of hydrogen-bond donors (Lipinski definition) is 1. The molecule has 1 aliphatic rings. The number of carbonyl (C=O) groups is 1. The molecule has 19 heavy (non-hydrogen) atoms. The van der Waals surface area contributed by atoms with Gasteiger partial charge < -0.3 is 15.1 Å². The number of likely N-dealkylation sites (N-methyl/N-ethyl adjacent to an activating group) is 1. The van der Waals surface area contributed by atoms with E-state index in [0.717, 1.165) is 37.6 Å². The molecule has 1 amide bonds. The highest BCUT2D eigenvalue weighted by molar-refractivity contribution is 7.17. The number of aromatic nitrogens is 2. The van der Waals surface area contributed by atoms with Crippen molar-refractivity contribution < 1.29 is 4.79 Å². The maximum absolute atomic E-state index is 12.3. The summed E-state index contributed by atoms with van der Waals surface area (Å²) in [5, 5.41) is 12.4. The molecule has 1 unspecified atom stereocenters. The predicted octanol–water partition coefficient (Wildman–Crippen LogP) is 1.14. The van der Waals surface area contributed by atoms with Crippen LogP contribution in [0.25, 0.3) is 0 Å². The number of nitrogens with one attached hydrogen (secondary N) is 1. The van der Waals surface area contributed by atoms with Crippen molar-refractivity contribution in [3.8, 4) is 0 Å².